The molecule has 0 spiro atoms. The van der Waals surface area contributed by atoms with Crippen LogP contribution >= 0.6 is 0 Å². The molecular weight excluding hydrogens is 212 g/mol. The fourth-order valence-electron chi connectivity index (χ4n) is 3.54. The average Bonchev–Trinajstić information content (AvgIpc) is 2.85. The van der Waals surface area contributed by atoms with Gasteiger partial charge in [-0.15, -0.1) is 0 Å². The molecule has 0 aromatic carbocycles. The van der Waals surface area contributed by atoms with Crippen LogP contribution in [0, 0.1) is 11.8 Å². The zero-order valence-electron chi connectivity index (χ0n) is 11.6. The van der Waals surface area contributed by atoms with Gasteiger partial charge in [0.05, 0.1) is 6.61 Å². The van der Waals surface area contributed by atoms with Crippen molar-refractivity contribution in [1.82, 2.24) is 4.90 Å². The Morgan fingerprint density at radius 2 is 2.06 bits per heavy atom. The number of nitrogens with zero attached hydrogens (tertiary/aromatic N) is 1. The Morgan fingerprint density at radius 3 is 2.65 bits per heavy atom. The Hall–Kier alpha value is -0.120. The predicted octanol–water partition coefficient (Wildman–Crippen LogP) is 1.86. The molecule has 0 aliphatic carbocycles. The molecule has 0 bridgehead atoms. The second-order valence-corrected chi connectivity index (χ2v) is 6.31. The number of rotatable bonds is 3. The molecule has 100 valence electrons. The smallest absolute Gasteiger partial charge is 0.0513 e. The normalized spacial score (nSPS) is 39.2. The van der Waals surface area contributed by atoms with Gasteiger partial charge in [0.2, 0.25) is 0 Å². The summed E-state index contributed by atoms with van der Waals surface area (Å²) >= 11 is 0. The van der Waals surface area contributed by atoms with Gasteiger partial charge < -0.3 is 10.5 Å². The number of likely N-dealkylation sites (tertiary alicyclic amines) is 1. The maximum Gasteiger partial charge on any atom is 0.0513 e. The lowest BCUT2D eigenvalue weighted by Gasteiger charge is -2.51. The van der Waals surface area contributed by atoms with E-state index in [0.717, 1.165) is 25.7 Å². The van der Waals surface area contributed by atoms with Gasteiger partial charge in [-0.05, 0) is 39.0 Å². The molecule has 4 unspecified atom stereocenters. The van der Waals surface area contributed by atoms with Crippen LogP contribution in [0.3, 0.4) is 0 Å². The van der Waals surface area contributed by atoms with Gasteiger partial charge in [-0.25, -0.2) is 0 Å². The highest BCUT2D eigenvalue weighted by molar-refractivity contribution is 4.98. The lowest BCUT2D eigenvalue weighted by molar-refractivity contribution is -0.0177. The van der Waals surface area contributed by atoms with Gasteiger partial charge in [-0.1, -0.05) is 6.92 Å². The van der Waals surface area contributed by atoms with Crippen LogP contribution < -0.4 is 5.73 Å². The lowest BCUT2D eigenvalue weighted by Crippen LogP contribution is -2.62. The van der Waals surface area contributed by atoms with E-state index in [-0.39, 0.29) is 5.54 Å². The minimum atomic E-state index is 0.130. The molecule has 0 saturated carbocycles. The predicted molar refractivity (Wildman–Crippen MR) is 71.0 cm³/mol. The molecule has 0 aromatic rings. The standard InChI is InChI=1S/C14H28N2O/c1-11-4-5-12(2)16(8-11)14(3,10-15)13-6-7-17-9-13/h11-13H,4-10,15H2,1-3H3. The number of ether oxygens (including phenoxy) is 1. The third kappa shape index (κ3) is 2.51. The van der Waals surface area contributed by atoms with Crippen LogP contribution in [0.15, 0.2) is 0 Å². The third-order valence-corrected chi connectivity index (χ3v) is 5.00. The molecule has 0 radical (unpaired) electrons. The first kappa shape index (κ1) is 13.3. The maximum atomic E-state index is 6.13. The molecule has 17 heavy (non-hydrogen) atoms. The van der Waals surface area contributed by atoms with E-state index in [1.165, 1.54) is 25.8 Å². The summed E-state index contributed by atoms with van der Waals surface area (Å²) in [6, 6.07) is 0.667. The third-order valence-electron chi connectivity index (χ3n) is 5.00. The van der Waals surface area contributed by atoms with E-state index >= 15 is 0 Å². The highest BCUT2D eigenvalue weighted by atomic mass is 16.5. The SMILES string of the molecule is CC1CCC(C)N(C(C)(CN)C2CCOC2)C1. The summed E-state index contributed by atoms with van der Waals surface area (Å²) in [4.78, 5) is 2.67. The molecule has 2 aliphatic heterocycles. The molecule has 0 aromatic heterocycles. The summed E-state index contributed by atoms with van der Waals surface area (Å²) in [6.45, 7) is 10.8. The number of hydrogen-bond donors (Lipinski definition) is 1. The van der Waals surface area contributed by atoms with Gasteiger partial charge >= 0.3 is 0 Å². The van der Waals surface area contributed by atoms with E-state index < -0.39 is 0 Å². The van der Waals surface area contributed by atoms with E-state index in [2.05, 4.69) is 25.7 Å². The molecule has 2 N–H and O–H groups in total. The molecule has 2 aliphatic rings. The van der Waals surface area contributed by atoms with Crippen molar-refractivity contribution in [2.45, 2.75) is 51.6 Å². The Kier molecular flexibility index (Phi) is 4.11. The van der Waals surface area contributed by atoms with Crippen molar-refractivity contribution in [2.75, 3.05) is 26.3 Å². The zero-order valence-corrected chi connectivity index (χ0v) is 11.6. The van der Waals surface area contributed by atoms with Crippen molar-refractivity contribution in [3.63, 3.8) is 0 Å². The van der Waals surface area contributed by atoms with Crippen molar-refractivity contribution in [3.05, 3.63) is 0 Å². The van der Waals surface area contributed by atoms with Crippen LogP contribution in [0.1, 0.15) is 40.0 Å². The van der Waals surface area contributed by atoms with Crippen LogP contribution in [0.2, 0.25) is 0 Å². The molecule has 2 rings (SSSR count). The second-order valence-electron chi connectivity index (χ2n) is 6.31. The van der Waals surface area contributed by atoms with E-state index in [4.69, 9.17) is 10.5 Å². The monoisotopic (exact) mass is 240 g/mol. The second kappa shape index (κ2) is 5.25. The zero-order chi connectivity index (χ0) is 12.5. The molecule has 2 fully saturated rings. The Labute approximate surface area is 106 Å². The largest absolute Gasteiger partial charge is 0.381 e. The van der Waals surface area contributed by atoms with Crippen molar-refractivity contribution in [1.29, 1.82) is 0 Å². The first-order chi connectivity index (χ1) is 8.08. The molecule has 0 amide bonds. The van der Waals surface area contributed by atoms with Gasteiger partial charge in [0, 0.05) is 37.2 Å². The summed E-state index contributed by atoms with van der Waals surface area (Å²) in [5.74, 6) is 1.42. The van der Waals surface area contributed by atoms with E-state index in [1.807, 2.05) is 0 Å². The quantitative estimate of drug-likeness (QED) is 0.818. The first-order valence-electron chi connectivity index (χ1n) is 7.12. The van der Waals surface area contributed by atoms with Crippen LogP contribution in [-0.2, 0) is 4.74 Å². The number of hydrogen-bond acceptors (Lipinski definition) is 3. The molecule has 2 saturated heterocycles. The number of nitrogens with two attached hydrogens (primary N) is 1. The van der Waals surface area contributed by atoms with Gasteiger partial charge in [0.1, 0.15) is 0 Å². The van der Waals surface area contributed by atoms with Crippen molar-refractivity contribution in [2.24, 2.45) is 17.6 Å². The van der Waals surface area contributed by atoms with E-state index in [1.54, 1.807) is 0 Å². The minimum absolute atomic E-state index is 0.130. The fraction of sp³-hybridized carbons (Fsp3) is 1.00. The van der Waals surface area contributed by atoms with Gasteiger partial charge in [-0.2, -0.15) is 0 Å². The lowest BCUT2D eigenvalue weighted by atomic mass is 9.79. The highest BCUT2D eigenvalue weighted by Crippen LogP contribution is 2.36. The number of piperidine rings is 1. The van der Waals surface area contributed by atoms with Crippen LogP contribution in [0.4, 0.5) is 0 Å². The average molecular weight is 240 g/mol. The Balaban J connectivity index is 2.14. The molecule has 3 nitrogen and oxygen atoms in total. The van der Waals surface area contributed by atoms with Crippen LogP contribution in [0.5, 0.6) is 0 Å². The first-order valence-corrected chi connectivity index (χ1v) is 7.12. The van der Waals surface area contributed by atoms with Crippen molar-refractivity contribution >= 4 is 0 Å². The van der Waals surface area contributed by atoms with Gasteiger partial charge in [-0.3, -0.25) is 4.90 Å². The fourth-order valence-corrected chi connectivity index (χ4v) is 3.54. The maximum absolute atomic E-state index is 6.13. The van der Waals surface area contributed by atoms with E-state index in [9.17, 15) is 0 Å². The van der Waals surface area contributed by atoms with E-state index in [0.29, 0.717) is 12.0 Å². The highest BCUT2D eigenvalue weighted by Gasteiger charge is 2.43. The molecule has 2 heterocycles. The molecule has 4 atom stereocenters. The summed E-state index contributed by atoms with van der Waals surface area (Å²) in [5.41, 5.74) is 6.26. The van der Waals surface area contributed by atoms with Crippen LogP contribution in [0.25, 0.3) is 0 Å². The summed E-state index contributed by atoms with van der Waals surface area (Å²) < 4.78 is 5.58. The summed E-state index contributed by atoms with van der Waals surface area (Å²) in [6.07, 6.45) is 3.84. The van der Waals surface area contributed by atoms with Crippen LogP contribution in [-0.4, -0.2) is 42.8 Å². The summed E-state index contributed by atoms with van der Waals surface area (Å²) in [7, 11) is 0. The van der Waals surface area contributed by atoms with Gasteiger partial charge in [0.15, 0.2) is 0 Å². The van der Waals surface area contributed by atoms with Gasteiger partial charge in [0.25, 0.3) is 0 Å². The summed E-state index contributed by atoms with van der Waals surface area (Å²) in [5, 5.41) is 0. The topological polar surface area (TPSA) is 38.5 Å². The Bertz CT molecular complexity index is 253. The molecule has 3 heteroatoms. The van der Waals surface area contributed by atoms with Crippen molar-refractivity contribution in [3.8, 4) is 0 Å². The minimum Gasteiger partial charge on any atom is -0.381 e. The Morgan fingerprint density at radius 1 is 1.29 bits per heavy atom. The van der Waals surface area contributed by atoms with Crippen molar-refractivity contribution < 1.29 is 4.74 Å². The molecular formula is C14H28N2O.